The van der Waals surface area contributed by atoms with Crippen LogP contribution in [0.2, 0.25) is 0 Å². The Hall–Kier alpha value is -4.21. The van der Waals surface area contributed by atoms with Crippen LogP contribution in [0.5, 0.6) is 0 Å². The van der Waals surface area contributed by atoms with Crippen molar-refractivity contribution in [3.05, 3.63) is 66.3 Å². The number of nitrogens with one attached hydrogen (secondary N) is 1. The van der Waals surface area contributed by atoms with E-state index in [0.29, 0.717) is 28.4 Å². The molecule has 30 heavy (non-hydrogen) atoms. The van der Waals surface area contributed by atoms with E-state index in [4.69, 9.17) is 14.6 Å². The summed E-state index contributed by atoms with van der Waals surface area (Å²) in [4.78, 5) is 45.3. The molecule has 0 aliphatic rings. The number of carbonyl (C=O) groups is 3. The van der Waals surface area contributed by atoms with Gasteiger partial charge in [0.05, 0.1) is 18.7 Å². The van der Waals surface area contributed by atoms with Crippen molar-refractivity contribution in [1.29, 1.82) is 0 Å². The number of hydrogen-bond acceptors (Lipinski definition) is 7. The second-order valence-electron chi connectivity index (χ2n) is 6.55. The number of aryl methyl sites for hydroxylation is 1. The molecule has 0 aliphatic carbocycles. The Morgan fingerprint density at radius 1 is 1.20 bits per heavy atom. The number of hydrogen-bond donors (Lipinski definition) is 2. The van der Waals surface area contributed by atoms with E-state index in [2.05, 4.69) is 15.3 Å². The van der Waals surface area contributed by atoms with Gasteiger partial charge in [-0.15, -0.1) is 0 Å². The Kier molecular flexibility index (Phi) is 4.88. The molecule has 1 atom stereocenters. The first-order valence-electron chi connectivity index (χ1n) is 8.99. The average molecular weight is 407 g/mol. The Labute approximate surface area is 169 Å². The SMILES string of the molecule is Cc1ncc(C(=O)NC(Cc2coc3ccoc23)C(=O)C(N)=O)n1-c1ccccn1. The summed E-state index contributed by atoms with van der Waals surface area (Å²) >= 11 is 0. The molecule has 4 aromatic heterocycles. The Balaban J connectivity index is 1.64. The molecule has 3 N–H and O–H groups in total. The molecule has 1 unspecified atom stereocenters. The maximum Gasteiger partial charge on any atom is 0.287 e. The molecule has 0 saturated heterocycles. The molecule has 4 heterocycles. The fraction of sp³-hybridized carbons (Fsp3) is 0.150. The van der Waals surface area contributed by atoms with Gasteiger partial charge < -0.3 is 19.9 Å². The number of Topliss-reactive ketones (excluding diaryl/α,β-unsaturated/α-hetero) is 1. The minimum Gasteiger partial charge on any atom is -0.461 e. The average Bonchev–Trinajstić information content (AvgIpc) is 3.44. The smallest absolute Gasteiger partial charge is 0.287 e. The van der Waals surface area contributed by atoms with Gasteiger partial charge in [0.1, 0.15) is 23.4 Å². The highest BCUT2D eigenvalue weighted by Gasteiger charge is 2.29. The molecule has 0 radical (unpaired) electrons. The zero-order valence-corrected chi connectivity index (χ0v) is 15.9. The normalized spacial score (nSPS) is 12.0. The molecule has 0 fully saturated rings. The fourth-order valence-corrected chi connectivity index (χ4v) is 3.17. The topological polar surface area (TPSA) is 146 Å². The van der Waals surface area contributed by atoms with E-state index in [9.17, 15) is 14.4 Å². The van der Waals surface area contributed by atoms with E-state index in [1.54, 1.807) is 42.0 Å². The Morgan fingerprint density at radius 2 is 2.03 bits per heavy atom. The first-order chi connectivity index (χ1) is 14.5. The van der Waals surface area contributed by atoms with Crippen LogP contribution in [0.3, 0.4) is 0 Å². The number of fused-ring (bicyclic) bond motifs is 1. The van der Waals surface area contributed by atoms with Crippen LogP contribution in [-0.4, -0.2) is 38.2 Å². The summed E-state index contributed by atoms with van der Waals surface area (Å²) in [5.74, 6) is -1.69. The molecule has 152 valence electrons. The number of pyridine rings is 1. The molecule has 0 aliphatic heterocycles. The van der Waals surface area contributed by atoms with Crippen molar-refractivity contribution in [1.82, 2.24) is 19.9 Å². The molecule has 0 bridgehead atoms. The molecular weight excluding hydrogens is 390 g/mol. The van der Waals surface area contributed by atoms with E-state index in [0.717, 1.165) is 0 Å². The highest BCUT2D eigenvalue weighted by Crippen LogP contribution is 2.23. The third kappa shape index (κ3) is 3.46. The lowest BCUT2D eigenvalue weighted by Crippen LogP contribution is -2.47. The first kappa shape index (κ1) is 19.1. The fourth-order valence-electron chi connectivity index (χ4n) is 3.17. The van der Waals surface area contributed by atoms with Crippen LogP contribution in [0.25, 0.3) is 17.0 Å². The summed E-state index contributed by atoms with van der Waals surface area (Å²) in [5, 5.41) is 2.57. The maximum atomic E-state index is 13.0. The van der Waals surface area contributed by atoms with E-state index in [1.807, 2.05) is 0 Å². The maximum absolute atomic E-state index is 13.0. The van der Waals surface area contributed by atoms with Crippen molar-refractivity contribution in [2.75, 3.05) is 0 Å². The number of amides is 2. The van der Waals surface area contributed by atoms with Crippen LogP contribution in [0.1, 0.15) is 21.9 Å². The Morgan fingerprint density at radius 3 is 2.77 bits per heavy atom. The van der Waals surface area contributed by atoms with Gasteiger partial charge in [0, 0.05) is 24.2 Å². The van der Waals surface area contributed by atoms with Crippen molar-refractivity contribution in [2.24, 2.45) is 5.73 Å². The number of furan rings is 2. The van der Waals surface area contributed by atoms with E-state index < -0.39 is 23.6 Å². The van der Waals surface area contributed by atoms with Gasteiger partial charge in [-0.25, -0.2) is 9.97 Å². The van der Waals surface area contributed by atoms with Crippen LogP contribution < -0.4 is 11.1 Å². The molecule has 10 nitrogen and oxygen atoms in total. The molecule has 4 rings (SSSR count). The number of nitrogens with zero attached hydrogens (tertiary/aromatic N) is 3. The van der Waals surface area contributed by atoms with Gasteiger partial charge in [-0.05, 0) is 19.1 Å². The molecule has 4 aromatic rings. The minimum atomic E-state index is -1.21. The summed E-state index contributed by atoms with van der Waals surface area (Å²) in [7, 11) is 0. The number of ketones is 1. The van der Waals surface area contributed by atoms with Gasteiger partial charge in [0.25, 0.3) is 11.8 Å². The highest BCUT2D eigenvalue weighted by molar-refractivity contribution is 6.38. The zero-order valence-electron chi connectivity index (χ0n) is 15.9. The number of nitrogens with two attached hydrogens (primary N) is 1. The molecule has 0 aromatic carbocycles. The van der Waals surface area contributed by atoms with Gasteiger partial charge in [0.2, 0.25) is 5.78 Å². The molecule has 10 heteroatoms. The van der Waals surface area contributed by atoms with Gasteiger partial charge in [-0.2, -0.15) is 0 Å². The van der Waals surface area contributed by atoms with Crippen LogP contribution in [-0.2, 0) is 16.0 Å². The number of aromatic nitrogens is 3. The molecule has 0 saturated carbocycles. The van der Waals surface area contributed by atoms with Crippen molar-refractivity contribution >= 4 is 28.8 Å². The van der Waals surface area contributed by atoms with E-state index in [1.165, 1.54) is 18.7 Å². The summed E-state index contributed by atoms with van der Waals surface area (Å²) in [6.45, 7) is 1.72. The number of rotatable bonds is 7. The van der Waals surface area contributed by atoms with Crippen LogP contribution >= 0.6 is 0 Å². The summed E-state index contributed by atoms with van der Waals surface area (Å²) in [6, 6.07) is 5.65. The monoisotopic (exact) mass is 407 g/mol. The minimum absolute atomic E-state index is 0.0370. The third-order valence-corrected chi connectivity index (χ3v) is 4.59. The Bertz CT molecular complexity index is 1240. The van der Waals surface area contributed by atoms with Crippen LogP contribution in [0.4, 0.5) is 0 Å². The van der Waals surface area contributed by atoms with Crippen molar-refractivity contribution < 1.29 is 23.2 Å². The van der Waals surface area contributed by atoms with Gasteiger partial charge >= 0.3 is 0 Å². The predicted octanol–water partition coefficient (Wildman–Crippen LogP) is 1.31. The molecule has 0 spiro atoms. The quantitative estimate of drug-likeness (QED) is 0.439. The molecular formula is C20H17N5O5. The second kappa shape index (κ2) is 7.66. The van der Waals surface area contributed by atoms with E-state index in [-0.39, 0.29) is 12.1 Å². The van der Waals surface area contributed by atoms with Crippen molar-refractivity contribution in [3.63, 3.8) is 0 Å². The van der Waals surface area contributed by atoms with E-state index >= 15 is 0 Å². The number of primary amides is 1. The highest BCUT2D eigenvalue weighted by atomic mass is 16.4. The number of imidazole rings is 1. The van der Waals surface area contributed by atoms with Gasteiger partial charge in [-0.1, -0.05) is 6.07 Å². The zero-order chi connectivity index (χ0) is 21.3. The first-order valence-corrected chi connectivity index (χ1v) is 8.99. The van der Waals surface area contributed by atoms with Gasteiger partial charge in [-0.3, -0.25) is 19.0 Å². The predicted molar refractivity (Wildman–Crippen MR) is 104 cm³/mol. The number of carbonyl (C=O) groups excluding carboxylic acids is 3. The second-order valence-corrected chi connectivity index (χ2v) is 6.55. The van der Waals surface area contributed by atoms with Crippen LogP contribution in [0.15, 0.2) is 58.0 Å². The summed E-state index contributed by atoms with van der Waals surface area (Å²) < 4.78 is 12.2. The molecule has 2 amide bonds. The largest absolute Gasteiger partial charge is 0.461 e. The van der Waals surface area contributed by atoms with Gasteiger partial charge in [0.15, 0.2) is 11.2 Å². The van der Waals surface area contributed by atoms with Crippen molar-refractivity contribution in [2.45, 2.75) is 19.4 Å². The third-order valence-electron chi connectivity index (χ3n) is 4.59. The summed E-state index contributed by atoms with van der Waals surface area (Å²) in [5.41, 5.74) is 6.78. The standard InChI is InChI=1S/C20H17N5O5/c1-11-23-9-14(25(11)16-4-2-3-6-22-16)20(28)24-13(17(26)19(21)27)8-12-10-30-15-5-7-29-18(12)15/h2-7,9-10,13H,8H2,1H3,(H2,21,27)(H,24,28). The lowest BCUT2D eigenvalue weighted by molar-refractivity contribution is -0.137. The summed E-state index contributed by atoms with van der Waals surface area (Å²) in [6.07, 6.45) is 5.76. The van der Waals surface area contributed by atoms with Crippen molar-refractivity contribution in [3.8, 4) is 5.82 Å². The lowest BCUT2D eigenvalue weighted by Gasteiger charge is -2.16. The lowest BCUT2D eigenvalue weighted by atomic mass is 10.0. The van der Waals surface area contributed by atoms with Crippen LogP contribution in [0, 0.1) is 6.92 Å².